The molecule has 0 aliphatic carbocycles. The maximum absolute atomic E-state index is 10.9. The Kier molecular flexibility index (Phi) is 3.46. The molecule has 2 N–H and O–H groups in total. The molecule has 0 saturated carbocycles. The molecule has 0 radical (unpaired) electrons. The summed E-state index contributed by atoms with van der Waals surface area (Å²) in [6.45, 7) is 1.67. The van der Waals surface area contributed by atoms with Crippen molar-refractivity contribution in [2.24, 2.45) is 0 Å². The molecule has 7 heteroatoms. The molecule has 116 valence electrons. The predicted octanol–water partition coefficient (Wildman–Crippen LogP) is 3.38. The van der Waals surface area contributed by atoms with Gasteiger partial charge in [-0.1, -0.05) is 30.3 Å². The lowest BCUT2D eigenvalue weighted by atomic mass is 10.1. The van der Waals surface area contributed by atoms with Crippen LogP contribution in [0.3, 0.4) is 0 Å². The Balaban J connectivity index is 2.19. The second kappa shape index (κ2) is 5.45. The number of nitro groups is 1. The smallest absolute Gasteiger partial charge is 0.270 e. The summed E-state index contributed by atoms with van der Waals surface area (Å²) in [7, 11) is 0. The molecule has 0 atom stereocenters. The first kappa shape index (κ1) is 14.6. The highest BCUT2D eigenvalue weighted by molar-refractivity contribution is 5.72. The van der Waals surface area contributed by atoms with E-state index in [9.17, 15) is 20.4 Å². The lowest BCUT2D eigenvalue weighted by Gasteiger charge is -2.04. The zero-order chi connectivity index (χ0) is 16.6. The molecular formula is C16H13N3O4. The maximum atomic E-state index is 10.9. The molecule has 23 heavy (non-hydrogen) atoms. The molecule has 3 rings (SSSR count). The van der Waals surface area contributed by atoms with Gasteiger partial charge in [-0.05, 0) is 13.0 Å². The standard InChI is InChI=1S/C16H13N3O4/c1-10-15(11-5-3-2-4-6-11)17-16(18(10)21)13-9-12(19(22)23)7-8-14(13)20/h2-9,20-21H,1H3. The second-order valence-electron chi connectivity index (χ2n) is 5.01. The van der Waals surface area contributed by atoms with Crippen LogP contribution in [-0.2, 0) is 0 Å². The van der Waals surface area contributed by atoms with Crippen molar-refractivity contribution in [3.05, 3.63) is 64.3 Å². The van der Waals surface area contributed by atoms with Gasteiger partial charge in [0, 0.05) is 17.7 Å². The van der Waals surface area contributed by atoms with E-state index in [-0.39, 0.29) is 22.8 Å². The number of phenolic OH excluding ortho intramolecular Hbond substituents is 1. The van der Waals surface area contributed by atoms with Crippen molar-refractivity contribution in [2.75, 3.05) is 0 Å². The summed E-state index contributed by atoms with van der Waals surface area (Å²) in [5, 5.41) is 31.1. The average Bonchev–Trinajstić information content (AvgIpc) is 2.84. The first-order valence-corrected chi connectivity index (χ1v) is 6.81. The van der Waals surface area contributed by atoms with Crippen LogP contribution in [-0.4, -0.2) is 25.0 Å². The van der Waals surface area contributed by atoms with Crippen molar-refractivity contribution < 1.29 is 15.2 Å². The van der Waals surface area contributed by atoms with Gasteiger partial charge in [0.15, 0.2) is 5.82 Å². The molecule has 0 fully saturated rings. The maximum Gasteiger partial charge on any atom is 0.270 e. The Hall–Kier alpha value is -3.35. The number of benzene rings is 2. The summed E-state index contributed by atoms with van der Waals surface area (Å²) < 4.78 is 0.821. The zero-order valence-electron chi connectivity index (χ0n) is 12.2. The Morgan fingerprint density at radius 2 is 1.87 bits per heavy atom. The molecule has 0 unspecified atom stereocenters. The van der Waals surface area contributed by atoms with Crippen LogP contribution in [0.25, 0.3) is 22.6 Å². The normalized spacial score (nSPS) is 10.7. The third-order valence-electron chi connectivity index (χ3n) is 3.56. The molecule has 7 nitrogen and oxygen atoms in total. The number of hydrogen-bond donors (Lipinski definition) is 2. The fourth-order valence-electron chi connectivity index (χ4n) is 2.35. The number of aromatic hydroxyl groups is 1. The quantitative estimate of drug-likeness (QED) is 0.438. The molecule has 1 aromatic heterocycles. The van der Waals surface area contributed by atoms with E-state index in [0.717, 1.165) is 10.3 Å². The van der Waals surface area contributed by atoms with Crippen molar-refractivity contribution in [2.45, 2.75) is 6.92 Å². The first-order chi connectivity index (χ1) is 11.0. The summed E-state index contributed by atoms with van der Waals surface area (Å²) in [5.41, 5.74) is 1.70. The highest BCUT2D eigenvalue weighted by Gasteiger charge is 2.21. The summed E-state index contributed by atoms with van der Waals surface area (Å²) in [6, 6.07) is 12.8. The van der Waals surface area contributed by atoms with Gasteiger partial charge in [0.2, 0.25) is 0 Å². The third kappa shape index (κ3) is 2.48. The average molecular weight is 311 g/mol. The van der Waals surface area contributed by atoms with E-state index < -0.39 is 4.92 Å². The summed E-state index contributed by atoms with van der Waals surface area (Å²) in [4.78, 5) is 14.7. The lowest BCUT2D eigenvalue weighted by molar-refractivity contribution is -0.384. The molecule has 0 bridgehead atoms. The molecule has 0 spiro atoms. The van der Waals surface area contributed by atoms with E-state index >= 15 is 0 Å². The van der Waals surface area contributed by atoms with Gasteiger partial charge in [-0.15, -0.1) is 0 Å². The van der Waals surface area contributed by atoms with Crippen LogP contribution in [0, 0.1) is 17.0 Å². The number of aromatic nitrogens is 2. The van der Waals surface area contributed by atoms with E-state index in [1.165, 1.54) is 18.2 Å². The topological polar surface area (TPSA) is 101 Å². The highest BCUT2D eigenvalue weighted by Crippen LogP contribution is 2.34. The van der Waals surface area contributed by atoms with E-state index in [4.69, 9.17) is 0 Å². The minimum atomic E-state index is -0.571. The molecule has 0 saturated heterocycles. The zero-order valence-corrected chi connectivity index (χ0v) is 12.2. The first-order valence-electron chi connectivity index (χ1n) is 6.81. The van der Waals surface area contributed by atoms with Crippen molar-refractivity contribution in [3.8, 4) is 28.4 Å². The van der Waals surface area contributed by atoms with Crippen molar-refractivity contribution >= 4 is 5.69 Å². The van der Waals surface area contributed by atoms with Gasteiger partial charge in [0.25, 0.3) is 5.69 Å². The van der Waals surface area contributed by atoms with E-state index in [1.54, 1.807) is 6.92 Å². The van der Waals surface area contributed by atoms with Crippen LogP contribution in [0.1, 0.15) is 5.69 Å². The van der Waals surface area contributed by atoms with Crippen molar-refractivity contribution in [3.63, 3.8) is 0 Å². The van der Waals surface area contributed by atoms with Gasteiger partial charge in [0.1, 0.15) is 5.75 Å². The van der Waals surface area contributed by atoms with Gasteiger partial charge in [-0.2, -0.15) is 4.73 Å². The summed E-state index contributed by atoms with van der Waals surface area (Å²) >= 11 is 0. The van der Waals surface area contributed by atoms with Gasteiger partial charge in [-0.25, -0.2) is 4.98 Å². The molecule has 3 aromatic rings. The van der Waals surface area contributed by atoms with Crippen LogP contribution in [0.2, 0.25) is 0 Å². The van der Waals surface area contributed by atoms with Crippen molar-refractivity contribution in [1.82, 2.24) is 9.71 Å². The molecule has 0 amide bonds. The minimum absolute atomic E-state index is 0.0440. The van der Waals surface area contributed by atoms with Gasteiger partial charge >= 0.3 is 0 Å². The monoisotopic (exact) mass is 311 g/mol. The van der Waals surface area contributed by atoms with Gasteiger partial charge in [-0.3, -0.25) is 10.1 Å². The van der Waals surface area contributed by atoms with Crippen LogP contribution in [0.5, 0.6) is 5.75 Å². The van der Waals surface area contributed by atoms with Crippen LogP contribution in [0.15, 0.2) is 48.5 Å². The number of hydrogen-bond acceptors (Lipinski definition) is 5. The Morgan fingerprint density at radius 3 is 2.52 bits per heavy atom. The number of imidazole rings is 1. The lowest BCUT2D eigenvalue weighted by Crippen LogP contribution is -1.97. The Labute approximate surface area is 131 Å². The largest absolute Gasteiger partial charge is 0.507 e. The predicted molar refractivity (Wildman–Crippen MR) is 83.3 cm³/mol. The summed E-state index contributed by atoms with van der Waals surface area (Å²) in [5.74, 6) is -0.155. The molecule has 2 aromatic carbocycles. The number of rotatable bonds is 3. The van der Waals surface area contributed by atoms with Gasteiger partial charge < -0.3 is 10.3 Å². The van der Waals surface area contributed by atoms with Crippen LogP contribution >= 0.6 is 0 Å². The third-order valence-corrected chi connectivity index (χ3v) is 3.56. The van der Waals surface area contributed by atoms with E-state index in [2.05, 4.69) is 4.98 Å². The molecule has 0 aliphatic rings. The molecule has 1 heterocycles. The van der Waals surface area contributed by atoms with Crippen LogP contribution < -0.4 is 0 Å². The summed E-state index contributed by atoms with van der Waals surface area (Å²) in [6.07, 6.45) is 0. The Bertz CT molecular complexity index is 888. The highest BCUT2D eigenvalue weighted by atomic mass is 16.6. The fraction of sp³-hybridized carbons (Fsp3) is 0.0625. The van der Waals surface area contributed by atoms with Gasteiger partial charge in [0.05, 0.1) is 21.9 Å². The molecule has 0 aliphatic heterocycles. The van der Waals surface area contributed by atoms with E-state index in [0.29, 0.717) is 11.4 Å². The van der Waals surface area contributed by atoms with E-state index in [1.807, 2.05) is 30.3 Å². The van der Waals surface area contributed by atoms with Crippen LogP contribution in [0.4, 0.5) is 5.69 Å². The number of non-ortho nitro benzene ring substituents is 1. The minimum Gasteiger partial charge on any atom is -0.507 e. The Morgan fingerprint density at radius 1 is 1.17 bits per heavy atom. The second-order valence-corrected chi connectivity index (χ2v) is 5.01. The number of nitro benzene ring substituents is 1. The van der Waals surface area contributed by atoms with Crippen molar-refractivity contribution in [1.29, 1.82) is 0 Å². The molecular weight excluding hydrogens is 298 g/mol. The number of nitrogens with zero attached hydrogens (tertiary/aromatic N) is 3. The number of phenols is 1. The SMILES string of the molecule is Cc1c(-c2ccccc2)nc(-c2cc([N+](=O)[O-])ccc2O)n1O. The fourth-order valence-corrected chi connectivity index (χ4v) is 2.35.